The molecule has 1 N–H and O–H groups in total. The summed E-state index contributed by atoms with van der Waals surface area (Å²) in [5, 5.41) is 2.88. The fraction of sp³-hybridized carbons (Fsp3) is 0.300. The number of rotatable bonds is 7. The normalized spacial score (nSPS) is 11.2. The fourth-order valence-corrected chi connectivity index (χ4v) is 2.86. The van der Waals surface area contributed by atoms with Gasteiger partial charge in [-0.2, -0.15) is 0 Å². The third-order valence-corrected chi connectivity index (χ3v) is 4.25. The molecule has 2 aromatic carbocycles. The van der Waals surface area contributed by atoms with Crippen LogP contribution in [-0.4, -0.2) is 47.5 Å². The summed E-state index contributed by atoms with van der Waals surface area (Å²) in [6, 6.07) is 13.6. The van der Waals surface area contributed by atoms with Crippen LogP contribution in [0.1, 0.15) is 16.2 Å². The zero-order chi connectivity index (χ0) is 18.5. The molecule has 26 heavy (non-hydrogen) atoms. The van der Waals surface area contributed by atoms with E-state index in [9.17, 15) is 9.18 Å². The number of halogens is 1. The molecule has 0 unspecified atom stereocenters. The molecule has 1 amide bonds. The Balaban J connectivity index is 1.68. The molecular formula is C20H23FN4O. The summed E-state index contributed by atoms with van der Waals surface area (Å²) < 4.78 is 15.2. The van der Waals surface area contributed by atoms with E-state index in [0.29, 0.717) is 18.5 Å². The molecular weight excluding hydrogens is 331 g/mol. The fourth-order valence-electron chi connectivity index (χ4n) is 2.86. The van der Waals surface area contributed by atoms with E-state index in [4.69, 9.17) is 4.98 Å². The summed E-state index contributed by atoms with van der Waals surface area (Å²) in [7, 11) is 4.09. The van der Waals surface area contributed by atoms with Gasteiger partial charge in [0.25, 0.3) is 5.91 Å². The topological polar surface area (TPSA) is 50.2 Å². The number of nitrogens with one attached hydrogen (secondary N) is 1. The molecule has 3 aromatic rings. The van der Waals surface area contributed by atoms with Crippen molar-refractivity contribution in [2.24, 2.45) is 0 Å². The standard InChI is InChI=1S/C20H23FN4O/c1-24(2)13-14-25-18-6-4-3-5-17(18)23-19(25)11-12-22-20(26)15-7-9-16(21)10-8-15/h3-10H,11-14H2,1-2H3,(H,22,26). The monoisotopic (exact) mass is 354 g/mol. The first-order valence-electron chi connectivity index (χ1n) is 8.67. The van der Waals surface area contributed by atoms with Crippen LogP contribution >= 0.6 is 0 Å². The van der Waals surface area contributed by atoms with Crippen molar-refractivity contribution < 1.29 is 9.18 Å². The molecule has 0 spiro atoms. The van der Waals surface area contributed by atoms with Crippen LogP contribution in [0, 0.1) is 5.82 Å². The van der Waals surface area contributed by atoms with Gasteiger partial charge in [0.1, 0.15) is 11.6 Å². The second kappa shape index (κ2) is 8.10. The van der Waals surface area contributed by atoms with Gasteiger partial charge >= 0.3 is 0 Å². The van der Waals surface area contributed by atoms with Gasteiger partial charge < -0.3 is 14.8 Å². The summed E-state index contributed by atoms with van der Waals surface area (Å²) >= 11 is 0. The Bertz CT molecular complexity index is 886. The van der Waals surface area contributed by atoms with Gasteiger partial charge in [-0.3, -0.25) is 4.79 Å². The van der Waals surface area contributed by atoms with Gasteiger partial charge in [0.2, 0.25) is 0 Å². The van der Waals surface area contributed by atoms with Crippen molar-refractivity contribution in [3.8, 4) is 0 Å². The molecule has 0 fully saturated rings. The first-order chi connectivity index (χ1) is 12.5. The number of para-hydroxylation sites is 2. The zero-order valence-corrected chi connectivity index (χ0v) is 15.1. The number of aromatic nitrogens is 2. The highest BCUT2D eigenvalue weighted by molar-refractivity contribution is 5.94. The molecule has 1 aromatic heterocycles. The number of fused-ring (bicyclic) bond motifs is 1. The van der Waals surface area contributed by atoms with E-state index >= 15 is 0 Å². The SMILES string of the molecule is CN(C)CCn1c(CCNC(=O)c2ccc(F)cc2)nc2ccccc21. The molecule has 0 saturated carbocycles. The zero-order valence-electron chi connectivity index (χ0n) is 15.1. The quantitative estimate of drug-likeness (QED) is 0.710. The summed E-state index contributed by atoms with van der Waals surface area (Å²) in [4.78, 5) is 19.0. The van der Waals surface area contributed by atoms with Gasteiger partial charge in [0.05, 0.1) is 11.0 Å². The van der Waals surface area contributed by atoms with Crippen LogP contribution in [0.5, 0.6) is 0 Å². The van der Waals surface area contributed by atoms with Crippen LogP contribution in [0.25, 0.3) is 11.0 Å². The van der Waals surface area contributed by atoms with Crippen molar-refractivity contribution in [1.29, 1.82) is 0 Å². The second-order valence-electron chi connectivity index (χ2n) is 6.48. The second-order valence-corrected chi connectivity index (χ2v) is 6.48. The number of nitrogens with zero attached hydrogens (tertiary/aromatic N) is 3. The van der Waals surface area contributed by atoms with Crippen molar-refractivity contribution in [3.05, 3.63) is 65.7 Å². The van der Waals surface area contributed by atoms with Gasteiger partial charge in [0, 0.05) is 31.6 Å². The first-order valence-corrected chi connectivity index (χ1v) is 8.67. The van der Waals surface area contributed by atoms with Crippen molar-refractivity contribution in [1.82, 2.24) is 19.8 Å². The molecule has 0 aliphatic carbocycles. The van der Waals surface area contributed by atoms with E-state index in [1.165, 1.54) is 24.3 Å². The van der Waals surface area contributed by atoms with Gasteiger partial charge in [-0.05, 0) is 50.5 Å². The number of hydrogen-bond donors (Lipinski definition) is 1. The Morgan fingerprint density at radius 1 is 1.15 bits per heavy atom. The minimum atomic E-state index is -0.351. The minimum Gasteiger partial charge on any atom is -0.352 e. The highest BCUT2D eigenvalue weighted by atomic mass is 19.1. The van der Waals surface area contributed by atoms with Gasteiger partial charge in [-0.15, -0.1) is 0 Å². The molecule has 3 rings (SSSR count). The van der Waals surface area contributed by atoms with Crippen molar-refractivity contribution >= 4 is 16.9 Å². The van der Waals surface area contributed by atoms with Gasteiger partial charge in [-0.25, -0.2) is 9.37 Å². The average Bonchev–Trinajstić information content (AvgIpc) is 2.98. The summed E-state index contributed by atoms with van der Waals surface area (Å²) in [5.74, 6) is 0.393. The molecule has 6 heteroatoms. The van der Waals surface area contributed by atoms with E-state index in [1.54, 1.807) is 0 Å². The Kier molecular flexibility index (Phi) is 5.63. The van der Waals surface area contributed by atoms with E-state index in [1.807, 2.05) is 32.3 Å². The summed E-state index contributed by atoms with van der Waals surface area (Å²) in [6.45, 7) is 2.23. The number of amides is 1. The molecule has 136 valence electrons. The summed E-state index contributed by atoms with van der Waals surface area (Å²) in [5.41, 5.74) is 2.52. The van der Waals surface area contributed by atoms with Crippen LogP contribution in [0.4, 0.5) is 4.39 Å². The third-order valence-electron chi connectivity index (χ3n) is 4.25. The van der Waals surface area contributed by atoms with Crippen LogP contribution < -0.4 is 5.32 Å². The average molecular weight is 354 g/mol. The lowest BCUT2D eigenvalue weighted by molar-refractivity contribution is 0.0954. The Morgan fingerprint density at radius 3 is 2.62 bits per heavy atom. The van der Waals surface area contributed by atoms with Crippen LogP contribution in [0.3, 0.4) is 0 Å². The predicted molar refractivity (Wildman–Crippen MR) is 101 cm³/mol. The number of likely N-dealkylation sites (N-methyl/N-ethyl adjacent to an activating group) is 1. The van der Waals surface area contributed by atoms with E-state index in [-0.39, 0.29) is 11.7 Å². The van der Waals surface area contributed by atoms with Crippen molar-refractivity contribution in [3.63, 3.8) is 0 Å². The van der Waals surface area contributed by atoms with Crippen LogP contribution in [-0.2, 0) is 13.0 Å². The molecule has 0 aliphatic heterocycles. The van der Waals surface area contributed by atoms with Gasteiger partial charge in [0.15, 0.2) is 0 Å². The lowest BCUT2D eigenvalue weighted by Gasteiger charge is -2.13. The largest absolute Gasteiger partial charge is 0.352 e. The smallest absolute Gasteiger partial charge is 0.251 e. The maximum Gasteiger partial charge on any atom is 0.251 e. The molecule has 0 atom stereocenters. The molecule has 0 radical (unpaired) electrons. The Labute approximate surface area is 152 Å². The lowest BCUT2D eigenvalue weighted by atomic mass is 10.2. The maximum atomic E-state index is 13.0. The summed E-state index contributed by atoms with van der Waals surface area (Å²) in [6.07, 6.45) is 0.634. The minimum absolute atomic E-state index is 0.207. The van der Waals surface area contributed by atoms with E-state index < -0.39 is 0 Å². The van der Waals surface area contributed by atoms with Crippen LogP contribution in [0.2, 0.25) is 0 Å². The number of imidazole rings is 1. The Hall–Kier alpha value is -2.73. The maximum absolute atomic E-state index is 13.0. The van der Waals surface area contributed by atoms with E-state index in [0.717, 1.165) is 29.9 Å². The van der Waals surface area contributed by atoms with Crippen molar-refractivity contribution in [2.45, 2.75) is 13.0 Å². The molecule has 0 aliphatic rings. The number of carbonyl (C=O) groups excluding carboxylic acids is 1. The highest BCUT2D eigenvalue weighted by Gasteiger charge is 2.11. The number of carbonyl (C=O) groups is 1. The molecule has 0 saturated heterocycles. The molecule has 0 bridgehead atoms. The Morgan fingerprint density at radius 2 is 1.88 bits per heavy atom. The third kappa shape index (κ3) is 4.26. The lowest BCUT2D eigenvalue weighted by Crippen LogP contribution is -2.27. The molecule has 1 heterocycles. The van der Waals surface area contributed by atoms with Gasteiger partial charge in [-0.1, -0.05) is 12.1 Å². The van der Waals surface area contributed by atoms with Crippen molar-refractivity contribution in [2.75, 3.05) is 27.2 Å². The molecule has 5 nitrogen and oxygen atoms in total. The predicted octanol–water partition coefficient (Wildman–Crippen LogP) is 2.71. The number of hydrogen-bond acceptors (Lipinski definition) is 3. The first kappa shape index (κ1) is 18.1. The van der Waals surface area contributed by atoms with Crippen LogP contribution in [0.15, 0.2) is 48.5 Å². The number of benzene rings is 2. The highest BCUT2D eigenvalue weighted by Crippen LogP contribution is 2.16. The van der Waals surface area contributed by atoms with E-state index in [2.05, 4.69) is 20.9 Å².